The smallest absolute Gasteiger partial charge is 0.309 e. The SMILES string of the molecule is CO[C@H]1C[C@@H](C)[C@@H]2CCC[C@H]3C(=O)OC[C@H]3C[C@H]21. The van der Waals surface area contributed by atoms with E-state index in [0.29, 0.717) is 24.5 Å². The highest BCUT2D eigenvalue weighted by molar-refractivity contribution is 5.74. The van der Waals surface area contributed by atoms with Gasteiger partial charge in [0, 0.05) is 13.0 Å². The maximum absolute atomic E-state index is 11.7. The average molecular weight is 252 g/mol. The molecule has 3 nitrogen and oxygen atoms in total. The Morgan fingerprint density at radius 3 is 2.83 bits per heavy atom. The fourth-order valence-corrected chi connectivity index (χ4v) is 4.62. The maximum atomic E-state index is 11.7. The molecule has 2 saturated carbocycles. The number of rotatable bonds is 1. The molecule has 0 bridgehead atoms. The van der Waals surface area contributed by atoms with Crippen molar-refractivity contribution < 1.29 is 14.3 Å². The second kappa shape index (κ2) is 4.84. The van der Waals surface area contributed by atoms with Gasteiger partial charge in [-0.15, -0.1) is 0 Å². The number of carbonyl (C=O) groups is 1. The van der Waals surface area contributed by atoms with Gasteiger partial charge in [-0.1, -0.05) is 13.3 Å². The topological polar surface area (TPSA) is 35.5 Å². The predicted molar refractivity (Wildman–Crippen MR) is 68.0 cm³/mol. The van der Waals surface area contributed by atoms with Crippen LogP contribution in [0, 0.1) is 29.6 Å². The van der Waals surface area contributed by atoms with Gasteiger partial charge in [-0.25, -0.2) is 0 Å². The first-order chi connectivity index (χ1) is 8.70. The summed E-state index contributed by atoms with van der Waals surface area (Å²) in [6.07, 6.45) is 6.21. The van der Waals surface area contributed by atoms with Gasteiger partial charge in [0.2, 0.25) is 0 Å². The summed E-state index contributed by atoms with van der Waals surface area (Å²) in [7, 11) is 1.84. The van der Waals surface area contributed by atoms with Crippen LogP contribution in [0.3, 0.4) is 0 Å². The number of hydrogen-bond acceptors (Lipinski definition) is 3. The molecular weight excluding hydrogens is 228 g/mol. The number of ether oxygens (including phenoxy) is 2. The minimum Gasteiger partial charge on any atom is -0.465 e. The van der Waals surface area contributed by atoms with Crippen LogP contribution < -0.4 is 0 Å². The van der Waals surface area contributed by atoms with Crippen LogP contribution in [-0.2, 0) is 14.3 Å². The van der Waals surface area contributed by atoms with E-state index >= 15 is 0 Å². The molecule has 2 aliphatic carbocycles. The average Bonchev–Trinajstić information content (AvgIpc) is 2.80. The third-order valence-corrected chi connectivity index (χ3v) is 5.60. The van der Waals surface area contributed by atoms with Gasteiger partial charge in [0.15, 0.2) is 0 Å². The van der Waals surface area contributed by atoms with Gasteiger partial charge in [0.1, 0.15) is 0 Å². The second-order valence-electron chi connectivity index (χ2n) is 6.48. The minimum absolute atomic E-state index is 0.0541. The Bertz CT molecular complexity index is 328. The van der Waals surface area contributed by atoms with Gasteiger partial charge in [0.25, 0.3) is 0 Å². The van der Waals surface area contributed by atoms with E-state index in [1.165, 1.54) is 19.3 Å². The van der Waals surface area contributed by atoms with Crippen LogP contribution in [0.1, 0.15) is 39.0 Å². The Morgan fingerprint density at radius 2 is 2.06 bits per heavy atom. The third-order valence-electron chi connectivity index (χ3n) is 5.60. The van der Waals surface area contributed by atoms with E-state index in [4.69, 9.17) is 9.47 Å². The molecule has 0 amide bonds. The molecule has 0 radical (unpaired) electrons. The number of fused-ring (bicyclic) bond motifs is 2. The fraction of sp³-hybridized carbons (Fsp3) is 0.933. The quantitative estimate of drug-likeness (QED) is 0.673. The zero-order chi connectivity index (χ0) is 12.7. The lowest BCUT2D eigenvalue weighted by atomic mass is 9.73. The highest BCUT2D eigenvalue weighted by Crippen LogP contribution is 2.48. The Labute approximate surface area is 109 Å². The van der Waals surface area contributed by atoms with Crippen LogP contribution in [0.25, 0.3) is 0 Å². The Balaban J connectivity index is 1.78. The highest BCUT2D eigenvalue weighted by atomic mass is 16.5. The van der Waals surface area contributed by atoms with Gasteiger partial charge >= 0.3 is 5.97 Å². The minimum atomic E-state index is 0.0541. The molecular formula is C15H24O3. The van der Waals surface area contributed by atoms with Crippen LogP contribution >= 0.6 is 0 Å². The summed E-state index contributed by atoms with van der Waals surface area (Å²) < 4.78 is 11.0. The highest BCUT2D eigenvalue weighted by Gasteiger charge is 2.47. The van der Waals surface area contributed by atoms with Crippen molar-refractivity contribution in [1.29, 1.82) is 0 Å². The Kier molecular flexibility index (Phi) is 3.35. The Morgan fingerprint density at radius 1 is 1.22 bits per heavy atom. The summed E-state index contributed by atoms with van der Waals surface area (Å²) in [6.45, 7) is 3.02. The van der Waals surface area contributed by atoms with Crippen molar-refractivity contribution in [1.82, 2.24) is 0 Å². The zero-order valence-corrected chi connectivity index (χ0v) is 11.4. The summed E-state index contributed by atoms with van der Waals surface area (Å²) >= 11 is 0. The molecule has 0 N–H and O–H groups in total. The van der Waals surface area contributed by atoms with Gasteiger partial charge < -0.3 is 9.47 Å². The maximum Gasteiger partial charge on any atom is 0.309 e. The van der Waals surface area contributed by atoms with Crippen molar-refractivity contribution in [2.75, 3.05) is 13.7 Å². The second-order valence-corrected chi connectivity index (χ2v) is 6.48. The summed E-state index contributed by atoms with van der Waals surface area (Å²) in [4.78, 5) is 11.7. The van der Waals surface area contributed by atoms with Crippen LogP contribution in [0.15, 0.2) is 0 Å². The van der Waals surface area contributed by atoms with Crippen molar-refractivity contribution in [3.63, 3.8) is 0 Å². The van der Waals surface area contributed by atoms with E-state index in [-0.39, 0.29) is 11.9 Å². The molecule has 3 aliphatic rings. The molecule has 3 heteroatoms. The molecule has 3 fully saturated rings. The third kappa shape index (κ3) is 1.97. The normalized spacial score (nSPS) is 48.0. The lowest BCUT2D eigenvalue weighted by Gasteiger charge is -2.31. The number of methoxy groups -OCH3 is 1. The van der Waals surface area contributed by atoms with Crippen molar-refractivity contribution in [2.24, 2.45) is 29.6 Å². The summed E-state index contributed by atoms with van der Waals surface area (Å²) in [5.41, 5.74) is 0. The summed E-state index contributed by atoms with van der Waals surface area (Å²) in [5.74, 6) is 2.90. The number of cyclic esters (lactones) is 1. The van der Waals surface area contributed by atoms with Gasteiger partial charge in [-0.05, 0) is 43.4 Å². The number of hydrogen-bond donors (Lipinski definition) is 0. The number of carbonyl (C=O) groups excluding carboxylic acids is 1. The molecule has 1 saturated heterocycles. The van der Waals surface area contributed by atoms with Crippen molar-refractivity contribution in [3.8, 4) is 0 Å². The van der Waals surface area contributed by atoms with Gasteiger partial charge in [-0.2, -0.15) is 0 Å². The largest absolute Gasteiger partial charge is 0.465 e. The van der Waals surface area contributed by atoms with Crippen LogP contribution in [-0.4, -0.2) is 25.8 Å². The van der Waals surface area contributed by atoms with Crippen LogP contribution in [0.5, 0.6) is 0 Å². The van der Waals surface area contributed by atoms with Crippen molar-refractivity contribution >= 4 is 5.97 Å². The zero-order valence-electron chi connectivity index (χ0n) is 11.4. The molecule has 0 aromatic carbocycles. The summed E-state index contributed by atoms with van der Waals surface area (Å²) in [6, 6.07) is 0. The molecule has 1 heterocycles. The van der Waals surface area contributed by atoms with E-state index in [1.54, 1.807) is 0 Å². The number of esters is 1. The fourth-order valence-electron chi connectivity index (χ4n) is 4.62. The predicted octanol–water partition coefficient (Wildman–Crippen LogP) is 2.64. The van der Waals surface area contributed by atoms with Crippen LogP contribution in [0.2, 0.25) is 0 Å². The molecule has 0 unspecified atom stereocenters. The first kappa shape index (κ1) is 12.5. The van der Waals surface area contributed by atoms with Crippen molar-refractivity contribution in [2.45, 2.75) is 45.1 Å². The molecule has 0 aromatic heterocycles. The van der Waals surface area contributed by atoms with E-state index in [9.17, 15) is 4.79 Å². The monoisotopic (exact) mass is 252 g/mol. The molecule has 102 valence electrons. The molecule has 18 heavy (non-hydrogen) atoms. The molecule has 6 atom stereocenters. The molecule has 0 spiro atoms. The molecule has 1 aliphatic heterocycles. The lowest BCUT2D eigenvalue weighted by Crippen LogP contribution is -2.30. The standard InChI is InChI=1S/C15H24O3/c1-9-6-14(17-2)13-7-10-8-18-15(16)12(10)5-3-4-11(9)13/h9-14H,3-8H2,1-2H3/t9-,10-,11+,12-,13-,14+/m1/s1. The summed E-state index contributed by atoms with van der Waals surface area (Å²) in [5, 5.41) is 0. The van der Waals surface area contributed by atoms with Crippen LogP contribution in [0.4, 0.5) is 0 Å². The first-order valence-electron chi connectivity index (χ1n) is 7.40. The van der Waals surface area contributed by atoms with E-state index in [1.807, 2.05) is 7.11 Å². The van der Waals surface area contributed by atoms with E-state index in [0.717, 1.165) is 24.7 Å². The van der Waals surface area contributed by atoms with Gasteiger partial charge in [0.05, 0.1) is 18.6 Å². The molecule has 3 rings (SSSR count). The Hall–Kier alpha value is -0.570. The van der Waals surface area contributed by atoms with Gasteiger partial charge in [-0.3, -0.25) is 4.79 Å². The van der Waals surface area contributed by atoms with E-state index < -0.39 is 0 Å². The molecule has 0 aromatic rings. The first-order valence-corrected chi connectivity index (χ1v) is 7.40. The van der Waals surface area contributed by atoms with Crippen molar-refractivity contribution in [3.05, 3.63) is 0 Å². The van der Waals surface area contributed by atoms with E-state index in [2.05, 4.69) is 6.92 Å². The lowest BCUT2D eigenvalue weighted by molar-refractivity contribution is -0.141.